The molecule has 1 unspecified atom stereocenters. The zero-order chi connectivity index (χ0) is 25.6. The van der Waals surface area contributed by atoms with E-state index in [2.05, 4.69) is 38.5 Å². The minimum absolute atomic E-state index is 0.0711. The lowest BCUT2D eigenvalue weighted by molar-refractivity contribution is -0.0264. The van der Waals surface area contributed by atoms with Crippen LogP contribution in [0.1, 0.15) is 43.7 Å². The number of hydrogen-bond donors (Lipinski definition) is 0. The molecule has 2 aliphatic heterocycles. The molecule has 2 atom stereocenters. The Labute approximate surface area is 216 Å². The Balaban J connectivity index is 1.21. The monoisotopic (exact) mass is 500 g/mol. The number of benzene rings is 1. The third-order valence-corrected chi connectivity index (χ3v) is 8.13. The maximum atomic E-state index is 13.2. The van der Waals surface area contributed by atoms with E-state index in [0.29, 0.717) is 25.3 Å². The first-order valence-corrected chi connectivity index (χ1v) is 13.0. The highest BCUT2D eigenvalue weighted by Gasteiger charge is 2.52. The highest BCUT2D eigenvalue weighted by Crippen LogP contribution is 2.48. The Morgan fingerprint density at radius 3 is 2.78 bits per heavy atom. The lowest BCUT2D eigenvalue weighted by Crippen LogP contribution is -2.45. The average molecular weight is 501 g/mol. The second-order valence-electron chi connectivity index (χ2n) is 11.1. The summed E-state index contributed by atoms with van der Waals surface area (Å²) in [6, 6.07) is 9.88. The summed E-state index contributed by atoms with van der Waals surface area (Å²) in [7, 11) is 0. The molecule has 0 bridgehead atoms. The van der Waals surface area contributed by atoms with Gasteiger partial charge < -0.3 is 18.9 Å². The van der Waals surface area contributed by atoms with Crippen molar-refractivity contribution in [3.8, 4) is 6.07 Å². The van der Waals surface area contributed by atoms with Gasteiger partial charge in [-0.2, -0.15) is 5.26 Å². The summed E-state index contributed by atoms with van der Waals surface area (Å²) in [4.78, 5) is 26.4. The fourth-order valence-electron chi connectivity index (χ4n) is 6.40. The van der Waals surface area contributed by atoms with E-state index >= 15 is 0 Å². The number of aryl methyl sites for hydroxylation is 1. The number of amides is 1. The number of anilines is 2. The molecule has 3 aliphatic rings. The van der Waals surface area contributed by atoms with Gasteiger partial charge in [-0.05, 0) is 67.9 Å². The summed E-state index contributed by atoms with van der Waals surface area (Å²) in [5, 5.41) is 9.34. The molecule has 0 N–H and O–H groups in total. The molecule has 4 heterocycles. The number of imidazole rings is 1. The van der Waals surface area contributed by atoms with Crippen LogP contribution in [0.5, 0.6) is 0 Å². The van der Waals surface area contributed by atoms with Crippen LogP contribution in [0.2, 0.25) is 0 Å². The zero-order valence-electron chi connectivity index (χ0n) is 21.4. The minimum Gasteiger partial charge on any atom is -0.441 e. The third kappa shape index (κ3) is 4.40. The number of hydrogen-bond acceptors (Lipinski definition) is 7. The summed E-state index contributed by atoms with van der Waals surface area (Å²) in [6.45, 7) is 8.65. The molecule has 2 aromatic heterocycles. The first-order chi connectivity index (χ1) is 17.9. The lowest BCUT2D eigenvalue weighted by atomic mass is 9.68. The first kappa shape index (κ1) is 23.7. The Morgan fingerprint density at radius 2 is 2.00 bits per heavy atom. The highest BCUT2D eigenvalue weighted by atomic mass is 16.6. The van der Waals surface area contributed by atoms with E-state index in [0.717, 1.165) is 73.4 Å². The number of ether oxygens (including phenoxy) is 2. The molecular formula is C28H32N6O3. The van der Waals surface area contributed by atoms with Crippen LogP contribution in [0.15, 0.2) is 36.8 Å². The fraction of sp³-hybridized carbons (Fsp3) is 0.500. The zero-order valence-corrected chi connectivity index (χ0v) is 21.4. The van der Waals surface area contributed by atoms with Crippen molar-refractivity contribution < 1.29 is 14.3 Å². The van der Waals surface area contributed by atoms with Gasteiger partial charge in [0, 0.05) is 19.6 Å². The van der Waals surface area contributed by atoms with Crippen molar-refractivity contribution in [3.63, 3.8) is 0 Å². The molecular weight excluding hydrogens is 468 g/mol. The summed E-state index contributed by atoms with van der Waals surface area (Å²) >= 11 is 0. The van der Waals surface area contributed by atoms with Crippen LogP contribution in [0, 0.1) is 23.7 Å². The molecule has 37 heavy (non-hydrogen) atoms. The van der Waals surface area contributed by atoms with Crippen LogP contribution in [-0.2, 0) is 16.0 Å². The van der Waals surface area contributed by atoms with Crippen LogP contribution >= 0.6 is 0 Å². The normalized spacial score (nSPS) is 26.0. The number of nitriles is 1. The first-order valence-electron chi connectivity index (χ1n) is 13.0. The quantitative estimate of drug-likeness (QED) is 0.523. The number of carbonyl (C=O) groups excluding carboxylic acids is 1. The van der Waals surface area contributed by atoms with Gasteiger partial charge in [-0.15, -0.1) is 0 Å². The maximum absolute atomic E-state index is 13.2. The van der Waals surface area contributed by atoms with E-state index in [-0.39, 0.29) is 11.5 Å². The van der Waals surface area contributed by atoms with E-state index in [1.165, 1.54) is 0 Å². The van der Waals surface area contributed by atoms with Crippen molar-refractivity contribution in [2.45, 2.75) is 51.7 Å². The fourth-order valence-corrected chi connectivity index (χ4v) is 6.40. The van der Waals surface area contributed by atoms with Crippen molar-refractivity contribution in [1.29, 1.82) is 5.26 Å². The SMILES string of the molecule is Cc1cc(N2CCOCC2)ncc1N1CC2(CCC[C@](C)(Cn3cnc4ccc(C#N)cc43)C2)OC1=O. The van der Waals surface area contributed by atoms with E-state index < -0.39 is 5.60 Å². The molecule has 1 aromatic carbocycles. The minimum atomic E-state index is -0.520. The van der Waals surface area contributed by atoms with Gasteiger partial charge in [0.15, 0.2) is 0 Å². The summed E-state index contributed by atoms with van der Waals surface area (Å²) in [5.41, 5.74) is 3.72. The molecule has 9 nitrogen and oxygen atoms in total. The van der Waals surface area contributed by atoms with Crippen molar-refractivity contribution >= 4 is 28.6 Å². The molecule has 1 saturated carbocycles. The van der Waals surface area contributed by atoms with Crippen LogP contribution < -0.4 is 9.80 Å². The van der Waals surface area contributed by atoms with Gasteiger partial charge in [0.1, 0.15) is 11.4 Å². The van der Waals surface area contributed by atoms with Gasteiger partial charge in [-0.1, -0.05) is 6.92 Å². The van der Waals surface area contributed by atoms with Crippen molar-refractivity contribution in [1.82, 2.24) is 14.5 Å². The number of aromatic nitrogens is 3. The molecule has 1 spiro atoms. The van der Waals surface area contributed by atoms with E-state index in [1.54, 1.807) is 11.0 Å². The van der Waals surface area contributed by atoms with Gasteiger partial charge in [0.05, 0.1) is 60.6 Å². The Morgan fingerprint density at radius 1 is 1.16 bits per heavy atom. The second kappa shape index (κ2) is 9.03. The Bertz CT molecular complexity index is 1390. The molecule has 2 saturated heterocycles. The predicted octanol–water partition coefficient (Wildman–Crippen LogP) is 4.42. The highest BCUT2D eigenvalue weighted by molar-refractivity contribution is 5.91. The number of morpholine rings is 1. The number of pyridine rings is 1. The standard InChI is InChI=1S/C28H32N6O3/c1-20-12-25(32-8-10-36-11-9-32)30-15-24(20)34-18-28(37-26(34)35)7-3-6-27(2,16-28)17-33-19-31-22-5-4-21(14-29)13-23(22)33/h4-5,12-13,15,19H,3,6-11,16-18H2,1-2H3/t27-,28?/m0/s1. The predicted molar refractivity (Wildman–Crippen MR) is 140 cm³/mol. The number of carbonyl (C=O) groups is 1. The van der Waals surface area contributed by atoms with Crippen LogP contribution in [0.25, 0.3) is 11.0 Å². The molecule has 1 aliphatic carbocycles. The molecule has 1 amide bonds. The maximum Gasteiger partial charge on any atom is 0.415 e. The van der Waals surface area contributed by atoms with Gasteiger partial charge in [0.25, 0.3) is 0 Å². The summed E-state index contributed by atoms with van der Waals surface area (Å²) < 4.78 is 13.8. The second-order valence-corrected chi connectivity index (χ2v) is 11.1. The van der Waals surface area contributed by atoms with Crippen molar-refractivity contribution in [2.75, 3.05) is 42.6 Å². The van der Waals surface area contributed by atoms with E-state index in [1.807, 2.05) is 31.6 Å². The summed E-state index contributed by atoms with van der Waals surface area (Å²) in [6.07, 6.45) is 7.04. The summed E-state index contributed by atoms with van der Waals surface area (Å²) in [5.74, 6) is 0.921. The Kier molecular flexibility index (Phi) is 5.80. The van der Waals surface area contributed by atoms with Crippen molar-refractivity contribution in [3.05, 3.63) is 47.9 Å². The molecule has 9 heteroatoms. The topological polar surface area (TPSA) is 96.5 Å². The number of fused-ring (bicyclic) bond motifs is 1. The smallest absolute Gasteiger partial charge is 0.415 e. The number of nitrogens with zero attached hydrogens (tertiary/aromatic N) is 6. The van der Waals surface area contributed by atoms with Crippen molar-refractivity contribution in [2.24, 2.45) is 5.41 Å². The molecule has 0 radical (unpaired) electrons. The Hall–Kier alpha value is -3.64. The number of rotatable bonds is 4. The largest absolute Gasteiger partial charge is 0.441 e. The molecule has 3 aromatic rings. The van der Waals surface area contributed by atoms with Crippen LogP contribution in [0.3, 0.4) is 0 Å². The van der Waals surface area contributed by atoms with Crippen LogP contribution in [0.4, 0.5) is 16.3 Å². The van der Waals surface area contributed by atoms with Gasteiger partial charge in [-0.3, -0.25) is 4.90 Å². The van der Waals surface area contributed by atoms with Gasteiger partial charge in [-0.25, -0.2) is 14.8 Å². The van der Waals surface area contributed by atoms with E-state index in [4.69, 9.17) is 9.47 Å². The molecule has 3 fully saturated rings. The average Bonchev–Trinajstić information content (AvgIpc) is 3.43. The lowest BCUT2D eigenvalue weighted by Gasteiger charge is -2.43. The third-order valence-electron chi connectivity index (χ3n) is 8.13. The van der Waals surface area contributed by atoms with Gasteiger partial charge >= 0.3 is 6.09 Å². The van der Waals surface area contributed by atoms with Crippen LogP contribution in [-0.4, -0.2) is 59.1 Å². The van der Waals surface area contributed by atoms with Gasteiger partial charge in [0.2, 0.25) is 0 Å². The molecule has 192 valence electrons. The van der Waals surface area contributed by atoms with E-state index in [9.17, 15) is 10.1 Å². The molecule has 6 rings (SSSR count).